The molecule has 0 aromatic rings. The second-order valence-corrected chi connectivity index (χ2v) is 6.84. The van der Waals surface area contributed by atoms with Crippen molar-refractivity contribution in [1.82, 2.24) is 0 Å². The van der Waals surface area contributed by atoms with Crippen molar-refractivity contribution in [2.45, 2.75) is 64.0 Å². The molecule has 0 amide bonds. The smallest absolute Gasteiger partial charge is 0.144 e. The molecule has 0 saturated heterocycles. The van der Waals surface area contributed by atoms with E-state index in [9.17, 15) is 4.21 Å². The van der Waals surface area contributed by atoms with Crippen LogP contribution in [0.1, 0.15) is 59.3 Å². The van der Waals surface area contributed by atoms with Crippen molar-refractivity contribution in [3.63, 3.8) is 0 Å². The van der Waals surface area contributed by atoms with Gasteiger partial charge >= 0.3 is 0 Å². The summed E-state index contributed by atoms with van der Waals surface area (Å²) >= 11 is 0. The number of hydrogen-bond donors (Lipinski definition) is 0. The van der Waals surface area contributed by atoms with Crippen LogP contribution in [0.25, 0.3) is 0 Å². The van der Waals surface area contributed by atoms with Crippen molar-refractivity contribution < 1.29 is 4.21 Å². The monoisotopic (exact) mass is 215 g/mol. The van der Waals surface area contributed by atoms with E-state index < -0.39 is 11.0 Å². The van der Waals surface area contributed by atoms with Gasteiger partial charge in [-0.2, -0.15) is 4.40 Å². The highest BCUT2D eigenvalue weighted by molar-refractivity contribution is 7.85. The van der Waals surface area contributed by atoms with E-state index in [1.54, 1.807) is 0 Å². The second kappa shape index (κ2) is 5.06. The molecule has 1 saturated carbocycles. The van der Waals surface area contributed by atoms with Crippen LogP contribution in [0.5, 0.6) is 0 Å². The molecule has 0 spiro atoms. The first-order chi connectivity index (χ1) is 6.50. The van der Waals surface area contributed by atoms with E-state index in [1.165, 1.54) is 31.4 Å². The lowest BCUT2D eigenvalue weighted by Gasteiger charge is -2.14. The summed E-state index contributed by atoms with van der Waals surface area (Å²) in [5, 5.41) is 0. The topological polar surface area (TPSA) is 29.4 Å². The summed E-state index contributed by atoms with van der Waals surface area (Å²) in [4.78, 5) is 0. The van der Waals surface area contributed by atoms with Crippen molar-refractivity contribution in [3.05, 3.63) is 0 Å². The Kier molecular flexibility index (Phi) is 4.30. The summed E-state index contributed by atoms with van der Waals surface area (Å²) in [6, 6.07) is 0. The van der Waals surface area contributed by atoms with E-state index in [1.807, 2.05) is 20.8 Å². The molecule has 2 nitrogen and oxygen atoms in total. The molecule has 1 fully saturated rings. The van der Waals surface area contributed by atoms with Crippen molar-refractivity contribution in [1.29, 1.82) is 0 Å². The number of nitrogens with zero attached hydrogens (tertiary/aromatic N) is 1. The maximum Gasteiger partial charge on any atom is 0.144 e. The van der Waals surface area contributed by atoms with Crippen molar-refractivity contribution in [2.75, 3.05) is 0 Å². The maximum atomic E-state index is 11.8. The van der Waals surface area contributed by atoms with Gasteiger partial charge in [-0.3, -0.25) is 0 Å². The Morgan fingerprint density at radius 3 is 2.00 bits per heavy atom. The Morgan fingerprint density at radius 1 is 1.07 bits per heavy atom. The van der Waals surface area contributed by atoms with Gasteiger partial charge in [-0.15, -0.1) is 0 Å². The Balaban J connectivity index is 2.61. The van der Waals surface area contributed by atoms with Gasteiger partial charge in [0.2, 0.25) is 0 Å². The fraction of sp³-hybridized carbons (Fsp3) is 0.909. The largest absolute Gasteiger partial charge is 0.234 e. The molecule has 0 aromatic carbocycles. The van der Waals surface area contributed by atoms with Crippen LogP contribution in [-0.2, 0) is 11.0 Å². The van der Waals surface area contributed by atoms with Gasteiger partial charge in [0.1, 0.15) is 11.0 Å². The molecule has 1 aliphatic rings. The molecular formula is C11H21NOS. The average molecular weight is 215 g/mol. The molecule has 3 heteroatoms. The molecule has 1 atom stereocenters. The molecule has 1 aliphatic carbocycles. The molecule has 0 aromatic heterocycles. The zero-order chi connectivity index (χ0) is 10.6. The fourth-order valence-corrected chi connectivity index (χ4v) is 2.17. The average Bonchev–Trinajstić information content (AvgIpc) is 2.31. The molecule has 0 heterocycles. The molecule has 0 N–H and O–H groups in total. The SMILES string of the molecule is CC(C)(C)S(=O)N=C1CCCCCC1. The second-order valence-electron chi connectivity index (χ2n) is 4.93. The lowest BCUT2D eigenvalue weighted by molar-refractivity contribution is 0.650. The molecule has 0 radical (unpaired) electrons. The fourth-order valence-electron chi connectivity index (χ4n) is 1.48. The first kappa shape index (κ1) is 11.9. The minimum absolute atomic E-state index is 0.209. The number of rotatable bonds is 1. The van der Waals surface area contributed by atoms with Gasteiger partial charge < -0.3 is 0 Å². The van der Waals surface area contributed by atoms with Gasteiger partial charge in [0, 0.05) is 5.71 Å². The summed E-state index contributed by atoms with van der Waals surface area (Å²) in [7, 11) is -1.05. The van der Waals surface area contributed by atoms with Crippen LogP contribution in [0, 0.1) is 0 Å². The van der Waals surface area contributed by atoms with Crippen LogP contribution in [0.2, 0.25) is 0 Å². The molecule has 0 aliphatic heterocycles. The van der Waals surface area contributed by atoms with Crippen molar-refractivity contribution in [3.8, 4) is 0 Å². The zero-order valence-electron chi connectivity index (χ0n) is 9.51. The van der Waals surface area contributed by atoms with Gasteiger partial charge in [0.25, 0.3) is 0 Å². The molecule has 1 unspecified atom stereocenters. The first-order valence-electron chi connectivity index (χ1n) is 5.48. The van der Waals surface area contributed by atoms with Crippen LogP contribution in [0.15, 0.2) is 4.40 Å². The highest BCUT2D eigenvalue weighted by Gasteiger charge is 2.19. The molecule has 0 bridgehead atoms. The lowest BCUT2D eigenvalue weighted by Crippen LogP contribution is -2.20. The molecule has 14 heavy (non-hydrogen) atoms. The predicted octanol–water partition coefficient (Wildman–Crippen LogP) is 3.24. The van der Waals surface area contributed by atoms with E-state index >= 15 is 0 Å². The van der Waals surface area contributed by atoms with Crippen LogP contribution in [-0.4, -0.2) is 14.7 Å². The van der Waals surface area contributed by atoms with E-state index in [4.69, 9.17) is 0 Å². The Hall–Kier alpha value is -0.180. The minimum atomic E-state index is -1.05. The summed E-state index contributed by atoms with van der Waals surface area (Å²) in [6.07, 6.45) is 7.17. The van der Waals surface area contributed by atoms with Crippen LogP contribution in [0.3, 0.4) is 0 Å². The lowest BCUT2D eigenvalue weighted by atomic mass is 10.2. The van der Waals surface area contributed by atoms with Gasteiger partial charge in [0.05, 0.1) is 4.75 Å². The normalized spacial score (nSPS) is 21.5. The van der Waals surface area contributed by atoms with E-state index in [0.717, 1.165) is 12.8 Å². The van der Waals surface area contributed by atoms with Crippen molar-refractivity contribution in [2.24, 2.45) is 4.40 Å². The summed E-state index contributed by atoms with van der Waals surface area (Å²) < 4.78 is 15.9. The van der Waals surface area contributed by atoms with E-state index in [2.05, 4.69) is 4.40 Å². The van der Waals surface area contributed by atoms with Crippen LogP contribution in [0.4, 0.5) is 0 Å². The predicted molar refractivity (Wildman–Crippen MR) is 63.0 cm³/mol. The minimum Gasteiger partial charge on any atom is -0.234 e. The van der Waals surface area contributed by atoms with E-state index in [0.29, 0.717) is 0 Å². The van der Waals surface area contributed by atoms with Crippen LogP contribution >= 0.6 is 0 Å². The van der Waals surface area contributed by atoms with Gasteiger partial charge in [0.15, 0.2) is 0 Å². The van der Waals surface area contributed by atoms with E-state index in [-0.39, 0.29) is 4.75 Å². The number of hydrogen-bond acceptors (Lipinski definition) is 1. The summed E-state index contributed by atoms with van der Waals surface area (Å²) in [6.45, 7) is 5.93. The third kappa shape index (κ3) is 3.91. The maximum absolute atomic E-state index is 11.8. The standard InChI is InChI=1S/C11H21NOS/c1-11(2,3)14(13)12-10-8-6-4-5-7-9-10/h4-9H2,1-3H3. The first-order valence-corrected chi connectivity index (χ1v) is 6.59. The van der Waals surface area contributed by atoms with Gasteiger partial charge in [-0.05, 0) is 46.5 Å². The Morgan fingerprint density at radius 2 is 1.57 bits per heavy atom. The Labute approximate surface area is 89.8 Å². The van der Waals surface area contributed by atoms with Crippen molar-refractivity contribution >= 4 is 16.7 Å². The zero-order valence-corrected chi connectivity index (χ0v) is 10.3. The summed E-state index contributed by atoms with van der Waals surface area (Å²) in [5.74, 6) is 0. The highest BCUT2D eigenvalue weighted by Crippen LogP contribution is 2.18. The molecular weight excluding hydrogens is 194 g/mol. The third-order valence-electron chi connectivity index (χ3n) is 2.42. The third-order valence-corrected chi connectivity index (χ3v) is 3.89. The Bertz CT molecular complexity index is 230. The van der Waals surface area contributed by atoms with Gasteiger partial charge in [-0.1, -0.05) is 12.8 Å². The quantitative estimate of drug-likeness (QED) is 0.617. The molecule has 1 rings (SSSR count). The molecule has 82 valence electrons. The highest BCUT2D eigenvalue weighted by atomic mass is 32.2. The van der Waals surface area contributed by atoms with Gasteiger partial charge in [-0.25, -0.2) is 4.21 Å². The summed E-state index contributed by atoms with van der Waals surface area (Å²) in [5.41, 5.74) is 1.18. The van der Waals surface area contributed by atoms with Crippen LogP contribution < -0.4 is 0 Å².